The van der Waals surface area contributed by atoms with Gasteiger partial charge in [0, 0.05) is 12.1 Å². The van der Waals surface area contributed by atoms with Crippen LogP contribution in [0, 0.1) is 6.92 Å². The minimum Gasteiger partial charge on any atom is -0.345 e. The Hall–Kier alpha value is -2.14. The highest BCUT2D eigenvalue weighted by Crippen LogP contribution is 2.24. The van der Waals surface area contributed by atoms with E-state index in [4.69, 9.17) is 0 Å². The zero-order valence-electron chi connectivity index (χ0n) is 10.4. The van der Waals surface area contributed by atoms with Crippen molar-refractivity contribution in [1.82, 2.24) is 25.3 Å². The normalized spacial score (nSPS) is 11.2. The molecular formula is C13H15N5. The highest BCUT2D eigenvalue weighted by atomic mass is 15.0. The van der Waals surface area contributed by atoms with Crippen LogP contribution in [-0.2, 0) is 6.54 Å². The van der Waals surface area contributed by atoms with Crippen molar-refractivity contribution in [2.24, 2.45) is 0 Å². The molecule has 5 heteroatoms. The summed E-state index contributed by atoms with van der Waals surface area (Å²) in [5, 5.41) is 3.15. The van der Waals surface area contributed by atoms with E-state index >= 15 is 0 Å². The fourth-order valence-corrected chi connectivity index (χ4v) is 2.17. The summed E-state index contributed by atoms with van der Waals surface area (Å²) in [5.74, 6) is 0.931. The first-order valence-electron chi connectivity index (χ1n) is 5.91. The molecule has 2 heterocycles. The smallest absolute Gasteiger partial charge is 0.103 e. The number of H-pyrrole nitrogens is 2. The number of aromatic nitrogens is 4. The van der Waals surface area contributed by atoms with Gasteiger partial charge >= 0.3 is 0 Å². The average molecular weight is 241 g/mol. The second-order valence-electron chi connectivity index (χ2n) is 4.31. The molecule has 0 saturated carbocycles. The van der Waals surface area contributed by atoms with E-state index in [1.807, 2.05) is 20.0 Å². The molecule has 0 atom stereocenters. The summed E-state index contributed by atoms with van der Waals surface area (Å²) in [4.78, 5) is 15.2. The molecule has 1 aromatic carbocycles. The predicted octanol–water partition coefficient (Wildman–Crippen LogP) is 1.98. The minimum atomic E-state index is 0.775. The van der Waals surface area contributed by atoms with Gasteiger partial charge in [0.1, 0.15) is 5.82 Å². The Labute approximate surface area is 105 Å². The van der Waals surface area contributed by atoms with E-state index < -0.39 is 0 Å². The van der Waals surface area contributed by atoms with Gasteiger partial charge in [-0.3, -0.25) is 0 Å². The molecule has 0 saturated heterocycles. The summed E-state index contributed by atoms with van der Waals surface area (Å²) >= 11 is 0. The van der Waals surface area contributed by atoms with Gasteiger partial charge in [-0.2, -0.15) is 0 Å². The number of hydrogen-bond donors (Lipinski definition) is 3. The van der Waals surface area contributed by atoms with Crippen LogP contribution in [0.15, 0.2) is 24.5 Å². The number of nitrogens with one attached hydrogen (secondary N) is 3. The Bertz CT molecular complexity index is 680. The van der Waals surface area contributed by atoms with Crippen LogP contribution in [0.4, 0.5) is 0 Å². The van der Waals surface area contributed by atoms with E-state index in [9.17, 15) is 0 Å². The topological polar surface area (TPSA) is 69.4 Å². The lowest BCUT2D eigenvalue weighted by Gasteiger charge is -2.02. The van der Waals surface area contributed by atoms with Crippen LogP contribution in [-0.4, -0.2) is 27.0 Å². The quantitative estimate of drug-likeness (QED) is 0.656. The Balaban J connectivity index is 2.12. The molecule has 0 radical (unpaired) electrons. The van der Waals surface area contributed by atoms with Gasteiger partial charge in [-0.1, -0.05) is 6.07 Å². The van der Waals surface area contributed by atoms with E-state index in [1.54, 1.807) is 6.33 Å². The fourth-order valence-electron chi connectivity index (χ4n) is 2.17. The van der Waals surface area contributed by atoms with Crippen molar-refractivity contribution in [2.45, 2.75) is 13.5 Å². The average Bonchev–Trinajstić information content (AvgIpc) is 2.95. The van der Waals surface area contributed by atoms with Crippen molar-refractivity contribution in [1.29, 1.82) is 0 Å². The molecule has 3 aromatic rings. The monoisotopic (exact) mass is 241 g/mol. The Kier molecular flexibility index (Phi) is 2.60. The van der Waals surface area contributed by atoms with Crippen LogP contribution in [0.2, 0.25) is 0 Å². The molecule has 0 fully saturated rings. The number of fused-ring (bicyclic) bond motifs is 1. The molecule has 0 unspecified atom stereocenters. The number of rotatable bonds is 3. The maximum Gasteiger partial charge on any atom is 0.103 e. The minimum absolute atomic E-state index is 0.775. The van der Waals surface area contributed by atoms with Crippen LogP contribution < -0.4 is 5.32 Å². The molecule has 0 aliphatic carbocycles. The summed E-state index contributed by atoms with van der Waals surface area (Å²) < 4.78 is 0. The maximum atomic E-state index is 4.56. The van der Waals surface area contributed by atoms with Crippen LogP contribution >= 0.6 is 0 Å². The Morgan fingerprint density at radius 1 is 1.33 bits per heavy atom. The molecule has 0 aliphatic heterocycles. The molecule has 0 bridgehead atoms. The number of aryl methyl sites for hydroxylation is 1. The van der Waals surface area contributed by atoms with E-state index in [1.165, 1.54) is 0 Å². The first-order chi connectivity index (χ1) is 8.78. The number of imidazole rings is 2. The molecular weight excluding hydrogens is 226 g/mol. The SMILES string of the molecule is CNCc1[nH]c(C)nc1-c1ccc2nc[nH]c2c1. The summed E-state index contributed by atoms with van der Waals surface area (Å²) in [5.41, 5.74) is 5.21. The lowest BCUT2D eigenvalue weighted by molar-refractivity contribution is 0.796. The van der Waals surface area contributed by atoms with Crippen molar-refractivity contribution in [3.8, 4) is 11.3 Å². The van der Waals surface area contributed by atoms with E-state index in [2.05, 4.69) is 37.4 Å². The molecule has 3 N–H and O–H groups in total. The van der Waals surface area contributed by atoms with Gasteiger partial charge in [0.05, 0.1) is 28.7 Å². The van der Waals surface area contributed by atoms with E-state index in [-0.39, 0.29) is 0 Å². The van der Waals surface area contributed by atoms with Gasteiger partial charge in [0.15, 0.2) is 0 Å². The van der Waals surface area contributed by atoms with Gasteiger partial charge in [-0.15, -0.1) is 0 Å². The van der Waals surface area contributed by atoms with Crippen molar-refractivity contribution < 1.29 is 0 Å². The lowest BCUT2D eigenvalue weighted by Crippen LogP contribution is -2.06. The molecule has 18 heavy (non-hydrogen) atoms. The van der Waals surface area contributed by atoms with Crippen molar-refractivity contribution in [2.75, 3.05) is 7.05 Å². The van der Waals surface area contributed by atoms with Gasteiger partial charge in [-0.05, 0) is 26.1 Å². The standard InChI is InChI=1S/C13H15N5/c1-8-17-12(6-14-2)13(18-8)9-3-4-10-11(5-9)16-7-15-10/h3-5,7,14H,6H2,1-2H3,(H,15,16)(H,17,18). The molecule has 5 nitrogen and oxygen atoms in total. The van der Waals surface area contributed by atoms with Gasteiger partial charge in [0.2, 0.25) is 0 Å². The predicted molar refractivity (Wildman–Crippen MR) is 71.2 cm³/mol. The van der Waals surface area contributed by atoms with E-state index in [0.29, 0.717) is 0 Å². The molecule has 0 amide bonds. The fraction of sp³-hybridized carbons (Fsp3) is 0.231. The highest BCUT2D eigenvalue weighted by molar-refractivity contribution is 5.81. The second kappa shape index (κ2) is 4.27. The van der Waals surface area contributed by atoms with Crippen molar-refractivity contribution in [3.05, 3.63) is 36.0 Å². The first kappa shape index (κ1) is 11.0. The summed E-state index contributed by atoms with van der Waals surface area (Å²) in [7, 11) is 1.93. The summed E-state index contributed by atoms with van der Waals surface area (Å²) in [6.45, 7) is 2.74. The van der Waals surface area contributed by atoms with Gasteiger partial charge in [0.25, 0.3) is 0 Å². The molecule has 0 aliphatic rings. The number of nitrogens with zero attached hydrogens (tertiary/aromatic N) is 2. The number of hydrogen-bond acceptors (Lipinski definition) is 3. The largest absolute Gasteiger partial charge is 0.345 e. The van der Waals surface area contributed by atoms with Crippen LogP contribution in [0.5, 0.6) is 0 Å². The van der Waals surface area contributed by atoms with Crippen LogP contribution in [0.25, 0.3) is 22.3 Å². The lowest BCUT2D eigenvalue weighted by atomic mass is 10.1. The summed E-state index contributed by atoms with van der Waals surface area (Å²) in [6, 6.07) is 6.14. The van der Waals surface area contributed by atoms with Crippen LogP contribution in [0.3, 0.4) is 0 Å². The zero-order chi connectivity index (χ0) is 12.5. The Morgan fingerprint density at radius 2 is 2.22 bits per heavy atom. The van der Waals surface area contributed by atoms with Gasteiger partial charge in [-0.25, -0.2) is 9.97 Å². The highest BCUT2D eigenvalue weighted by Gasteiger charge is 2.10. The van der Waals surface area contributed by atoms with Gasteiger partial charge < -0.3 is 15.3 Å². The molecule has 2 aromatic heterocycles. The Morgan fingerprint density at radius 3 is 3.06 bits per heavy atom. The third-order valence-corrected chi connectivity index (χ3v) is 2.94. The summed E-state index contributed by atoms with van der Waals surface area (Å²) in [6.07, 6.45) is 1.71. The van der Waals surface area contributed by atoms with Crippen molar-refractivity contribution >= 4 is 11.0 Å². The number of aromatic amines is 2. The molecule has 92 valence electrons. The molecule has 3 rings (SSSR count). The van der Waals surface area contributed by atoms with Crippen LogP contribution in [0.1, 0.15) is 11.5 Å². The van der Waals surface area contributed by atoms with Crippen molar-refractivity contribution in [3.63, 3.8) is 0 Å². The van der Waals surface area contributed by atoms with E-state index in [0.717, 1.165) is 40.4 Å². The zero-order valence-corrected chi connectivity index (χ0v) is 10.4. The first-order valence-corrected chi connectivity index (χ1v) is 5.91. The maximum absolute atomic E-state index is 4.56. The number of benzene rings is 1. The second-order valence-corrected chi connectivity index (χ2v) is 4.31. The third kappa shape index (κ3) is 1.78. The third-order valence-electron chi connectivity index (χ3n) is 2.94. The molecule has 0 spiro atoms.